The molecule has 0 radical (unpaired) electrons. The van der Waals surface area contributed by atoms with Gasteiger partial charge in [-0.25, -0.2) is 0 Å². The summed E-state index contributed by atoms with van der Waals surface area (Å²) in [5, 5.41) is 1.76. The van der Waals surface area contributed by atoms with Gasteiger partial charge in [0.25, 0.3) is 11.8 Å². The van der Waals surface area contributed by atoms with Gasteiger partial charge in [-0.05, 0) is 43.5 Å². The summed E-state index contributed by atoms with van der Waals surface area (Å²) in [5.41, 5.74) is 1.30. The molecule has 0 spiro atoms. The largest absolute Gasteiger partial charge is 0.301 e. The number of rotatable bonds is 8. The summed E-state index contributed by atoms with van der Waals surface area (Å²) in [7, 11) is 0. The van der Waals surface area contributed by atoms with Crippen molar-refractivity contribution in [2.75, 3.05) is 45.8 Å². The number of unbranched alkanes of at least 4 members (excludes halogenated alkanes) is 2. The molecule has 2 aliphatic rings. The van der Waals surface area contributed by atoms with Gasteiger partial charge in [-0.1, -0.05) is 44.0 Å². The van der Waals surface area contributed by atoms with Gasteiger partial charge in [0.15, 0.2) is 0 Å². The minimum atomic E-state index is -0.153. The van der Waals surface area contributed by atoms with Gasteiger partial charge < -0.3 is 9.80 Å². The molecule has 0 aliphatic carbocycles. The Morgan fingerprint density at radius 3 is 1.83 bits per heavy atom. The molecule has 2 heterocycles. The lowest BCUT2D eigenvalue weighted by Gasteiger charge is -2.35. The van der Waals surface area contributed by atoms with Gasteiger partial charge >= 0.3 is 0 Å². The van der Waals surface area contributed by atoms with Crippen LogP contribution in [0.1, 0.15) is 53.3 Å². The average molecular weight is 394 g/mol. The molecule has 0 aromatic heterocycles. The number of imide groups is 1. The molecule has 5 nitrogen and oxygen atoms in total. The molecule has 0 N–H and O–H groups in total. The van der Waals surface area contributed by atoms with Crippen molar-refractivity contribution in [2.24, 2.45) is 0 Å². The molecule has 0 saturated carbocycles. The molecule has 1 saturated heterocycles. The Bertz CT molecular complexity index is 836. The fourth-order valence-corrected chi connectivity index (χ4v) is 4.56. The summed E-state index contributed by atoms with van der Waals surface area (Å²) in [6, 6.07) is 11.4. The summed E-state index contributed by atoms with van der Waals surface area (Å²) in [4.78, 5) is 32.4. The number of hydrogen-bond donors (Lipinski definition) is 0. The highest BCUT2D eigenvalue weighted by Gasteiger charge is 2.32. The van der Waals surface area contributed by atoms with Crippen LogP contribution < -0.4 is 0 Å². The van der Waals surface area contributed by atoms with Crippen molar-refractivity contribution in [3.8, 4) is 0 Å². The van der Waals surface area contributed by atoms with Crippen molar-refractivity contribution < 1.29 is 9.59 Å². The van der Waals surface area contributed by atoms with Crippen molar-refractivity contribution in [3.05, 3.63) is 47.5 Å². The molecule has 0 bridgehead atoms. The van der Waals surface area contributed by atoms with Crippen molar-refractivity contribution in [1.29, 1.82) is 0 Å². The first-order chi connectivity index (χ1) is 14.2. The highest BCUT2D eigenvalue weighted by molar-refractivity contribution is 6.25. The molecule has 0 unspecified atom stereocenters. The van der Waals surface area contributed by atoms with E-state index in [4.69, 9.17) is 0 Å². The molecule has 4 rings (SSSR count). The van der Waals surface area contributed by atoms with Crippen LogP contribution >= 0.6 is 0 Å². The van der Waals surface area contributed by atoms with Gasteiger partial charge in [0.1, 0.15) is 0 Å². The second-order valence-corrected chi connectivity index (χ2v) is 8.22. The van der Waals surface area contributed by atoms with E-state index in [0.717, 1.165) is 49.9 Å². The second kappa shape index (κ2) is 9.06. The number of piperazine rings is 1. The second-order valence-electron chi connectivity index (χ2n) is 8.22. The molecule has 2 amide bonds. The van der Waals surface area contributed by atoms with Gasteiger partial charge in [0.05, 0.1) is 0 Å². The number of hydrogen-bond acceptors (Lipinski definition) is 4. The van der Waals surface area contributed by atoms with Crippen LogP contribution in [-0.4, -0.2) is 72.3 Å². The maximum atomic E-state index is 12.9. The topological polar surface area (TPSA) is 43.9 Å². The first-order valence-corrected chi connectivity index (χ1v) is 11.0. The number of carbonyl (C=O) groups is 2. The van der Waals surface area contributed by atoms with Crippen LogP contribution in [0.3, 0.4) is 0 Å². The van der Waals surface area contributed by atoms with Crippen LogP contribution in [0.2, 0.25) is 0 Å². The molecule has 5 heteroatoms. The van der Waals surface area contributed by atoms with Gasteiger partial charge in [-0.15, -0.1) is 0 Å². The van der Waals surface area contributed by atoms with E-state index in [-0.39, 0.29) is 11.8 Å². The molecule has 1 fully saturated rings. The van der Waals surface area contributed by atoms with E-state index < -0.39 is 0 Å². The van der Waals surface area contributed by atoms with E-state index in [1.54, 1.807) is 0 Å². The molecule has 0 atom stereocenters. The summed E-state index contributed by atoms with van der Waals surface area (Å²) in [6.45, 7) is 9.29. The Morgan fingerprint density at radius 2 is 1.28 bits per heavy atom. The minimum absolute atomic E-state index is 0.153. The standard InChI is InChI=1S/C24H31N3O2/c1-2-3-4-12-25-15-17-26(18-16-25)13-7-14-27-23(28)20-10-5-8-19-9-6-11-21(22(19)20)24(27)29/h5-6,8-11H,2-4,7,12-18H2,1H3. The highest BCUT2D eigenvalue weighted by Crippen LogP contribution is 2.29. The maximum absolute atomic E-state index is 12.9. The SMILES string of the molecule is CCCCCN1CCN(CCCN2C(=O)c3cccc4cccc(c34)C2=O)CC1. The monoisotopic (exact) mass is 393 g/mol. The maximum Gasteiger partial charge on any atom is 0.261 e. The molecule has 2 aliphatic heterocycles. The third-order valence-corrected chi connectivity index (χ3v) is 6.25. The highest BCUT2D eigenvalue weighted by atomic mass is 16.2. The quantitative estimate of drug-likeness (QED) is 0.507. The Labute approximate surface area is 173 Å². The molecule has 2 aromatic carbocycles. The number of nitrogens with zero attached hydrogens (tertiary/aromatic N) is 3. The molecule has 2 aromatic rings. The van der Waals surface area contributed by atoms with Crippen LogP contribution in [0.15, 0.2) is 36.4 Å². The van der Waals surface area contributed by atoms with E-state index in [0.29, 0.717) is 17.7 Å². The molecule has 154 valence electrons. The van der Waals surface area contributed by atoms with Crippen LogP contribution in [0, 0.1) is 0 Å². The van der Waals surface area contributed by atoms with Gasteiger partial charge in [-0.3, -0.25) is 14.5 Å². The normalized spacial score (nSPS) is 18.0. The fraction of sp³-hybridized carbons (Fsp3) is 0.500. The van der Waals surface area contributed by atoms with E-state index in [2.05, 4.69) is 16.7 Å². The van der Waals surface area contributed by atoms with Gasteiger partial charge in [0, 0.05) is 49.2 Å². The Hall–Kier alpha value is -2.24. The first-order valence-electron chi connectivity index (χ1n) is 11.0. The fourth-order valence-electron chi connectivity index (χ4n) is 4.56. The minimum Gasteiger partial charge on any atom is -0.301 e. The molecular weight excluding hydrogens is 362 g/mol. The zero-order valence-corrected chi connectivity index (χ0v) is 17.4. The summed E-state index contributed by atoms with van der Waals surface area (Å²) in [6.07, 6.45) is 4.71. The first kappa shape index (κ1) is 20.0. The van der Waals surface area contributed by atoms with Crippen molar-refractivity contribution in [3.63, 3.8) is 0 Å². The van der Waals surface area contributed by atoms with Crippen molar-refractivity contribution >= 4 is 22.6 Å². The predicted molar refractivity (Wildman–Crippen MR) is 116 cm³/mol. The van der Waals surface area contributed by atoms with Gasteiger partial charge in [0.2, 0.25) is 0 Å². The lowest BCUT2D eigenvalue weighted by molar-refractivity contribution is 0.0597. The third kappa shape index (κ3) is 4.21. The third-order valence-electron chi connectivity index (χ3n) is 6.25. The zero-order chi connectivity index (χ0) is 20.2. The molecule has 29 heavy (non-hydrogen) atoms. The van der Waals surface area contributed by atoms with Crippen LogP contribution in [0.4, 0.5) is 0 Å². The Morgan fingerprint density at radius 1 is 0.724 bits per heavy atom. The summed E-state index contributed by atoms with van der Waals surface area (Å²) < 4.78 is 0. The molecular formula is C24H31N3O2. The zero-order valence-electron chi connectivity index (χ0n) is 17.4. The number of benzene rings is 2. The van der Waals surface area contributed by atoms with E-state index in [1.807, 2.05) is 36.4 Å². The summed E-state index contributed by atoms with van der Waals surface area (Å²) >= 11 is 0. The summed E-state index contributed by atoms with van der Waals surface area (Å²) in [5.74, 6) is -0.305. The lowest BCUT2D eigenvalue weighted by Crippen LogP contribution is -2.47. The van der Waals surface area contributed by atoms with Crippen LogP contribution in [-0.2, 0) is 0 Å². The van der Waals surface area contributed by atoms with E-state index in [1.165, 1.54) is 30.7 Å². The number of carbonyl (C=O) groups excluding carboxylic acids is 2. The van der Waals surface area contributed by atoms with Crippen LogP contribution in [0.5, 0.6) is 0 Å². The van der Waals surface area contributed by atoms with Crippen molar-refractivity contribution in [1.82, 2.24) is 14.7 Å². The van der Waals surface area contributed by atoms with Gasteiger partial charge in [-0.2, -0.15) is 0 Å². The predicted octanol–water partition coefficient (Wildman–Crippen LogP) is 3.63. The Kier molecular flexibility index (Phi) is 6.26. The number of amides is 2. The van der Waals surface area contributed by atoms with Crippen molar-refractivity contribution in [2.45, 2.75) is 32.6 Å². The smallest absolute Gasteiger partial charge is 0.261 e. The Balaban J connectivity index is 1.31. The lowest BCUT2D eigenvalue weighted by atomic mass is 9.94. The average Bonchev–Trinajstić information content (AvgIpc) is 2.75. The van der Waals surface area contributed by atoms with E-state index in [9.17, 15) is 9.59 Å². The van der Waals surface area contributed by atoms with Crippen LogP contribution in [0.25, 0.3) is 10.8 Å². The van der Waals surface area contributed by atoms with E-state index >= 15 is 0 Å².